The minimum atomic E-state index is -1.11. The molecule has 10 nitrogen and oxygen atoms in total. The van der Waals surface area contributed by atoms with Gasteiger partial charge in [-0.15, -0.1) is 0 Å². The maximum absolute atomic E-state index is 12.7. The highest BCUT2D eigenvalue weighted by Gasteiger charge is 2.30. The van der Waals surface area contributed by atoms with Crippen molar-refractivity contribution in [2.24, 2.45) is 0 Å². The number of aromatic nitrogens is 2. The number of amides is 2. The van der Waals surface area contributed by atoms with Crippen molar-refractivity contribution in [3.05, 3.63) is 71.9 Å². The Bertz CT molecular complexity index is 1130. The predicted octanol–water partition coefficient (Wildman–Crippen LogP) is 3.02. The van der Waals surface area contributed by atoms with Gasteiger partial charge in [-0.05, 0) is 35.6 Å². The lowest BCUT2D eigenvalue weighted by Crippen LogP contribution is -2.48. The van der Waals surface area contributed by atoms with Gasteiger partial charge in [0, 0.05) is 12.3 Å². The molecule has 1 aromatic heterocycles. The molecule has 2 aromatic carbocycles. The Morgan fingerprint density at radius 2 is 1.71 bits per heavy atom. The zero-order chi connectivity index (χ0) is 24.1. The van der Waals surface area contributed by atoms with Crippen LogP contribution in [-0.4, -0.2) is 45.9 Å². The molecule has 4 rings (SSSR count). The Hall–Kier alpha value is -4.21. The van der Waals surface area contributed by atoms with Gasteiger partial charge >= 0.3 is 12.1 Å². The molecule has 1 heterocycles. The standard InChI is InChI=1S/C24H24N4O6/c1-14(22-25-13-34-28-22)26-23(31)20(10-11-21(29)30)27-24(32)33-12-19-17-8-4-2-6-15(17)16-7-3-5-9-18(16)19/h2-9,13-14,19-20H,10-12H2,1H3,(H,26,31)(H,27,32)(H,29,30). The van der Waals surface area contributed by atoms with Gasteiger partial charge in [0.25, 0.3) is 0 Å². The second kappa shape index (κ2) is 10.2. The maximum Gasteiger partial charge on any atom is 0.407 e. The Morgan fingerprint density at radius 1 is 1.06 bits per heavy atom. The van der Waals surface area contributed by atoms with E-state index >= 15 is 0 Å². The van der Waals surface area contributed by atoms with Gasteiger partial charge in [0.1, 0.15) is 12.6 Å². The number of carbonyl (C=O) groups is 3. The van der Waals surface area contributed by atoms with Crippen molar-refractivity contribution in [3.63, 3.8) is 0 Å². The van der Waals surface area contributed by atoms with Crippen molar-refractivity contribution >= 4 is 18.0 Å². The molecule has 10 heteroatoms. The van der Waals surface area contributed by atoms with Crippen molar-refractivity contribution in [2.75, 3.05) is 6.61 Å². The smallest absolute Gasteiger partial charge is 0.407 e. The van der Waals surface area contributed by atoms with E-state index in [1.54, 1.807) is 6.92 Å². The summed E-state index contributed by atoms with van der Waals surface area (Å²) in [5.41, 5.74) is 4.32. The number of aliphatic carboxylic acids is 1. The maximum atomic E-state index is 12.7. The molecule has 2 amide bonds. The number of alkyl carbamates (subject to hydrolysis) is 1. The lowest BCUT2D eigenvalue weighted by molar-refractivity contribution is -0.137. The highest BCUT2D eigenvalue weighted by molar-refractivity contribution is 5.86. The average molecular weight is 464 g/mol. The van der Waals surface area contributed by atoms with Crippen LogP contribution >= 0.6 is 0 Å². The molecule has 3 aromatic rings. The van der Waals surface area contributed by atoms with Gasteiger partial charge in [-0.3, -0.25) is 9.59 Å². The minimum Gasteiger partial charge on any atom is -0.481 e. The molecule has 0 fully saturated rings. The third-order valence-corrected chi connectivity index (χ3v) is 5.72. The topological polar surface area (TPSA) is 144 Å². The van der Waals surface area contributed by atoms with Crippen LogP contribution in [0.4, 0.5) is 4.79 Å². The normalized spacial score (nSPS) is 13.9. The number of carboxylic acid groups (broad SMARTS) is 1. The fourth-order valence-electron chi connectivity index (χ4n) is 4.07. The largest absolute Gasteiger partial charge is 0.481 e. The summed E-state index contributed by atoms with van der Waals surface area (Å²) in [6.45, 7) is 1.72. The summed E-state index contributed by atoms with van der Waals surface area (Å²) in [6, 6.07) is 14.2. The van der Waals surface area contributed by atoms with E-state index in [0.29, 0.717) is 0 Å². The van der Waals surface area contributed by atoms with E-state index in [-0.39, 0.29) is 31.2 Å². The van der Waals surface area contributed by atoms with E-state index < -0.39 is 30.1 Å². The number of carboxylic acids is 1. The van der Waals surface area contributed by atoms with E-state index in [1.165, 1.54) is 0 Å². The molecule has 0 saturated heterocycles. The molecule has 2 atom stereocenters. The Kier molecular flexibility index (Phi) is 6.86. The third kappa shape index (κ3) is 5.06. The second-order valence-electron chi connectivity index (χ2n) is 7.97. The number of fused-ring (bicyclic) bond motifs is 3. The average Bonchev–Trinajstić information content (AvgIpc) is 3.47. The molecule has 2 unspecified atom stereocenters. The lowest BCUT2D eigenvalue weighted by atomic mass is 9.98. The van der Waals surface area contributed by atoms with Gasteiger partial charge in [-0.25, -0.2) is 4.79 Å². The third-order valence-electron chi connectivity index (χ3n) is 5.72. The summed E-state index contributed by atoms with van der Waals surface area (Å²) in [7, 11) is 0. The van der Waals surface area contributed by atoms with Crippen LogP contribution in [0.5, 0.6) is 0 Å². The first-order chi connectivity index (χ1) is 16.4. The number of nitrogens with zero attached hydrogens (tertiary/aromatic N) is 2. The van der Waals surface area contributed by atoms with Crippen molar-refractivity contribution < 1.29 is 28.8 Å². The van der Waals surface area contributed by atoms with Crippen LogP contribution in [0, 0.1) is 0 Å². The highest BCUT2D eigenvalue weighted by Crippen LogP contribution is 2.44. The Balaban J connectivity index is 1.41. The fourth-order valence-corrected chi connectivity index (χ4v) is 4.07. The van der Waals surface area contributed by atoms with Gasteiger partial charge in [-0.1, -0.05) is 53.7 Å². The van der Waals surface area contributed by atoms with E-state index in [9.17, 15) is 14.4 Å². The van der Waals surface area contributed by atoms with Gasteiger partial charge in [0.15, 0.2) is 5.82 Å². The van der Waals surface area contributed by atoms with E-state index in [1.807, 2.05) is 48.5 Å². The van der Waals surface area contributed by atoms with Gasteiger partial charge in [0.2, 0.25) is 12.3 Å². The van der Waals surface area contributed by atoms with Gasteiger partial charge < -0.3 is 25.0 Å². The molecule has 0 spiro atoms. The van der Waals surface area contributed by atoms with Crippen LogP contribution in [0.3, 0.4) is 0 Å². The molecular weight excluding hydrogens is 440 g/mol. The number of rotatable bonds is 9. The molecule has 0 aliphatic heterocycles. The number of nitrogens with one attached hydrogen (secondary N) is 2. The summed E-state index contributed by atoms with van der Waals surface area (Å²) in [5, 5.41) is 17.8. The van der Waals surface area contributed by atoms with Crippen LogP contribution in [0.1, 0.15) is 48.7 Å². The summed E-state index contributed by atoms with van der Waals surface area (Å²) < 4.78 is 10.2. The van der Waals surface area contributed by atoms with Crippen molar-refractivity contribution in [1.29, 1.82) is 0 Å². The molecule has 0 radical (unpaired) electrons. The Labute approximate surface area is 195 Å². The number of benzene rings is 2. The number of hydrogen-bond acceptors (Lipinski definition) is 7. The Morgan fingerprint density at radius 3 is 2.29 bits per heavy atom. The van der Waals surface area contributed by atoms with Crippen molar-refractivity contribution in [1.82, 2.24) is 20.8 Å². The molecule has 1 aliphatic rings. The zero-order valence-electron chi connectivity index (χ0n) is 18.4. The van der Waals surface area contributed by atoms with Crippen LogP contribution in [-0.2, 0) is 14.3 Å². The summed E-state index contributed by atoms with van der Waals surface area (Å²) in [4.78, 5) is 40.2. The van der Waals surface area contributed by atoms with Crippen LogP contribution < -0.4 is 10.6 Å². The monoisotopic (exact) mass is 464 g/mol. The highest BCUT2D eigenvalue weighted by atomic mass is 16.5. The first-order valence-corrected chi connectivity index (χ1v) is 10.8. The molecule has 34 heavy (non-hydrogen) atoms. The number of carbonyl (C=O) groups excluding carboxylic acids is 2. The zero-order valence-corrected chi connectivity index (χ0v) is 18.4. The predicted molar refractivity (Wildman–Crippen MR) is 120 cm³/mol. The molecule has 3 N–H and O–H groups in total. The first kappa shape index (κ1) is 23.0. The summed E-state index contributed by atoms with van der Waals surface area (Å²) in [6.07, 6.45) is -0.0862. The van der Waals surface area contributed by atoms with Gasteiger partial charge in [0.05, 0.1) is 6.04 Å². The molecule has 176 valence electrons. The lowest BCUT2D eigenvalue weighted by Gasteiger charge is -2.20. The van der Waals surface area contributed by atoms with E-state index in [4.69, 9.17) is 9.84 Å². The first-order valence-electron chi connectivity index (χ1n) is 10.8. The molecule has 0 bridgehead atoms. The fraction of sp³-hybridized carbons (Fsp3) is 0.292. The van der Waals surface area contributed by atoms with Gasteiger partial charge in [-0.2, -0.15) is 4.98 Å². The van der Waals surface area contributed by atoms with Crippen LogP contribution in [0.25, 0.3) is 11.1 Å². The summed E-state index contributed by atoms with van der Waals surface area (Å²) in [5.74, 6) is -1.54. The molecule has 1 aliphatic carbocycles. The second-order valence-corrected chi connectivity index (χ2v) is 7.97. The van der Waals surface area contributed by atoms with E-state index in [2.05, 4.69) is 25.3 Å². The van der Waals surface area contributed by atoms with Crippen LogP contribution in [0.2, 0.25) is 0 Å². The number of ether oxygens (including phenoxy) is 1. The molecule has 0 saturated carbocycles. The van der Waals surface area contributed by atoms with Crippen molar-refractivity contribution in [3.8, 4) is 11.1 Å². The minimum absolute atomic E-state index is 0.0758. The van der Waals surface area contributed by atoms with E-state index in [0.717, 1.165) is 28.6 Å². The molecular formula is C24H24N4O6. The number of hydrogen-bond donors (Lipinski definition) is 3. The summed E-state index contributed by atoms with van der Waals surface area (Å²) >= 11 is 0. The van der Waals surface area contributed by atoms with Crippen LogP contribution in [0.15, 0.2) is 59.4 Å². The SMILES string of the molecule is CC(NC(=O)C(CCC(=O)O)NC(=O)OCC1c2ccccc2-c2ccccc21)c1ncon1. The van der Waals surface area contributed by atoms with Crippen molar-refractivity contribution in [2.45, 2.75) is 37.8 Å². The quantitative estimate of drug-likeness (QED) is 0.438.